The molecule has 28 heavy (non-hydrogen) atoms. The number of carbonyl (C=O) groups is 1. The van der Waals surface area contributed by atoms with Gasteiger partial charge in [0, 0.05) is 23.2 Å². The molecule has 3 aromatic rings. The van der Waals surface area contributed by atoms with E-state index in [0.717, 1.165) is 0 Å². The van der Waals surface area contributed by atoms with Crippen molar-refractivity contribution in [3.8, 4) is 5.75 Å². The number of carbonyl (C=O) groups excluding carboxylic acids is 1. The topological polar surface area (TPSA) is 108 Å². The standard InChI is InChI=1S/C20H18ClN3O4/c1-11(2)20(26)23-17(12-5-7-13(21)8-6-12)15-10-16(24(27)28)14-4-3-9-22-18(14)19(15)25/h3-11,17,25H,1-2H3,(H,23,26)/p-1/t17-/m0/s1. The maximum absolute atomic E-state index is 13.1. The highest BCUT2D eigenvalue weighted by Gasteiger charge is 2.24. The summed E-state index contributed by atoms with van der Waals surface area (Å²) < 4.78 is 0. The Labute approximate surface area is 166 Å². The van der Waals surface area contributed by atoms with E-state index in [1.165, 1.54) is 24.4 Å². The van der Waals surface area contributed by atoms with E-state index in [1.54, 1.807) is 38.1 Å². The molecule has 1 aromatic heterocycles. The highest BCUT2D eigenvalue weighted by Crippen LogP contribution is 2.38. The van der Waals surface area contributed by atoms with Crippen molar-refractivity contribution in [1.29, 1.82) is 0 Å². The SMILES string of the molecule is CC(C)C(=O)N[C@@H](c1ccc(Cl)cc1)c1cc([N+](=O)[O-])c2cccnc2c1[O-]. The third-order valence-corrected chi connectivity index (χ3v) is 4.63. The van der Waals surface area contributed by atoms with Crippen molar-refractivity contribution in [1.82, 2.24) is 10.3 Å². The smallest absolute Gasteiger partial charge is 0.279 e. The minimum atomic E-state index is -0.871. The van der Waals surface area contributed by atoms with Crippen LogP contribution in [0.1, 0.15) is 31.0 Å². The van der Waals surface area contributed by atoms with Gasteiger partial charge in [-0.2, -0.15) is 0 Å². The molecule has 0 fully saturated rings. The third kappa shape index (κ3) is 3.75. The number of aromatic nitrogens is 1. The lowest BCUT2D eigenvalue weighted by Gasteiger charge is -2.26. The number of pyridine rings is 1. The van der Waals surface area contributed by atoms with Gasteiger partial charge < -0.3 is 10.4 Å². The summed E-state index contributed by atoms with van der Waals surface area (Å²) in [5.41, 5.74) is 0.411. The van der Waals surface area contributed by atoms with Gasteiger partial charge in [-0.3, -0.25) is 19.9 Å². The summed E-state index contributed by atoms with van der Waals surface area (Å²) in [6.45, 7) is 3.44. The molecule has 8 heteroatoms. The van der Waals surface area contributed by atoms with Gasteiger partial charge in [0.1, 0.15) is 0 Å². The average Bonchev–Trinajstić information content (AvgIpc) is 2.67. The second kappa shape index (κ2) is 7.82. The summed E-state index contributed by atoms with van der Waals surface area (Å²) in [7, 11) is 0. The average molecular weight is 399 g/mol. The minimum absolute atomic E-state index is 0.00976. The van der Waals surface area contributed by atoms with Crippen LogP contribution < -0.4 is 10.4 Å². The molecule has 144 valence electrons. The Bertz CT molecular complexity index is 1050. The summed E-state index contributed by atoms with van der Waals surface area (Å²) in [4.78, 5) is 27.4. The summed E-state index contributed by atoms with van der Waals surface area (Å²) in [5, 5.41) is 28.1. The summed E-state index contributed by atoms with van der Waals surface area (Å²) in [5.74, 6) is -1.09. The number of hydrogen-bond donors (Lipinski definition) is 1. The van der Waals surface area contributed by atoms with E-state index in [1.807, 2.05) is 0 Å². The van der Waals surface area contributed by atoms with Crippen LogP contribution in [0.25, 0.3) is 10.9 Å². The predicted molar refractivity (Wildman–Crippen MR) is 104 cm³/mol. The molecule has 0 unspecified atom stereocenters. The maximum atomic E-state index is 13.1. The number of non-ortho nitro benzene ring substituents is 1. The van der Waals surface area contributed by atoms with E-state index in [2.05, 4.69) is 10.3 Å². The Hall–Kier alpha value is -3.19. The molecule has 0 aliphatic rings. The van der Waals surface area contributed by atoms with Crippen molar-refractivity contribution < 1.29 is 14.8 Å². The van der Waals surface area contributed by atoms with Gasteiger partial charge in [-0.15, -0.1) is 0 Å². The lowest BCUT2D eigenvalue weighted by atomic mass is 9.95. The van der Waals surface area contributed by atoms with Gasteiger partial charge in [-0.1, -0.05) is 43.3 Å². The Kier molecular flexibility index (Phi) is 5.46. The van der Waals surface area contributed by atoms with Gasteiger partial charge in [0.05, 0.1) is 21.9 Å². The number of halogens is 1. The summed E-state index contributed by atoms with van der Waals surface area (Å²) in [6, 6.07) is 9.95. The first-order chi connectivity index (χ1) is 13.3. The summed E-state index contributed by atoms with van der Waals surface area (Å²) in [6.07, 6.45) is 1.40. The first-order valence-corrected chi connectivity index (χ1v) is 8.96. The molecule has 1 amide bonds. The number of nitro groups is 1. The number of rotatable bonds is 5. The van der Waals surface area contributed by atoms with E-state index in [-0.39, 0.29) is 34.0 Å². The van der Waals surface area contributed by atoms with Gasteiger partial charge >= 0.3 is 0 Å². The molecule has 0 saturated carbocycles. The number of hydrogen-bond acceptors (Lipinski definition) is 5. The van der Waals surface area contributed by atoms with Crippen molar-refractivity contribution in [2.24, 2.45) is 5.92 Å². The highest BCUT2D eigenvalue weighted by atomic mass is 35.5. The van der Waals surface area contributed by atoms with Crippen molar-refractivity contribution in [3.63, 3.8) is 0 Å². The monoisotopic (exact) mass is 398 g/mol. The van der Waals surface area contributed by atoms with Gasteiger partial charge in [0.25, 0.3) is 5.69 Å². The quantitative estimate of drug-likeness (QED) is 0.520. The van der Waals surface area contributed by atoms with E-state index in [0.29, 0.717) is 10.6 Å². The molecule has 3 rings (SSSR count). The van der Waals surface area contributed by atoms with Gasteiger partial charge in [0.2, 0.25) is 5.91 Å². The Morgan fingerprint density at radius 2 is 1.89 bits per heavy atom. The second-order valence-corrected chi connectivity index (χ2v) is 7.06. The molecule has 1 heterocycles. The van der Waals surface area contributed by atoms with Crippen LogP contribution in [0.3, 0.4) is 0 Å². The van der Waals surface area contributed by atoms with Crippen LogP contribution in [0.4, 0.5) is 5.69 Å². The molecule has 1 atom stereocenters. The number of benzene rings is 2. The molecular formula is C20H17ClN3O4-. The van der Waals surface area contributed by atoms with E-state index < -0.39 is 16.7 Å². The van der Waals surface area contributed by atoms with E-state index >= 15 is 0 Å². The van der Waals surface area contributed by atoms with E-state index in [4.69, 9.17) is 11.6 Å². The molecule has 0 saturated heterocycles. The Balaban J connectivity index is 2.25. The molecule has 0 radical (unpaired) electrons. The zero-order valence-corrected chi connectivity index (χ0v) is 15.9. The van der Waals surface area contributed by atoms with Crippen LogP contribution in [0.2, 0.25) is 5.02 Å². The van der Waals surface area contributed by atoms with Crippen molar-refractivity contribution in [3.05, 3.63) is 74.9 Å². The fourth-order valence-corrected chi connectivity index (χ4v) is 3.02. The van der Waals surface area contributed by atoms with Crippen molar-refractivity contribution in [2.45, 2.75) is 19.9 Å². The Morgan fingerprint density at radius 3 is 2.50 bits per heavy atom. The lowest BCUT2D eigenvalue weighted by molar-refractivity contribution is -0.383. The van der Waals surface area contributed by atoms with Crippen LogP contribution in [-0.4, -0.2) is 15.8 Å². The zero-order chi connectivity index (χ0) is 20.4. The van der Waals surface area contributed by atoms with Gasteiger partial charge in [-0.25, -0.2) is 0 Å². The summed E-state index contributed by atoms with van der Waals surface area (Å²) >= 11 is 5.95. The maximum Gasteiger partial charge on any atom is 0.279 e. The molecular weight excluding hydrogens is 382 g/mol. The number of amides is 1. The third-order valence-electron chi connectivity index (χ3n) is 4.38. The van der Waals surface area contributed by atoms with Crippen molar-refractivity contribution in [2.75, 3.05) is 0 Å². The molecule has 0 aliphatic heterocycles. The van der Waals surface area contributed by atoms with Gasteiger partial charge in [-0.05, 0) is 35.4 Å². The normalized spacial score (nSPS) is 12.1. The highest BCUT2D eigenvalue weighted by molar-refractivity contribution is 6.30. The fraction of sp³-hybridized carbons (Fsp3) is 0.200. The first-order valence-electron chi connectivity index (χ1n) is 8.58. The van der Waals surface area contributed by atoms with Crippen LogP contribution in [0, 0.1) is 16.0 Å². The predicted octanol–water partition coefficient (Wildman–Crippen LogP) is 3.73. The molecule has 7 nitrogen and oxygen atoms in total. The number of fused-ring (bicyclic) bond motifs is 1. The van der Waals surface area contributed by atoms with E-state index in [9.17, 15) is 20.0 Å². The fourth-order valence-electron chi connectivity index (χ4n) is 2.89. The molecule has 0 spiro atoms. The zero-order valence-electron chi connectivity index (χ0n) is 15.2. The van der Waals surface area contributed by atoms with Gasteiger partial charge in [0.15, 0.2) is 0 Å². The number of nitrogens with zero attached hydrogens (tertiary/aromatic N) is 2. The first kappa shape index (κ1) is 19.6. The molecule has 2 aromatic carbocycles. The largest absolute Gasteiger partial charge is 0.871 e. The molecule has 0 aliphatic carbocycles. The van der Waals surface area contributed by atoms with Crippen LogP contribution in [0.15, 0.2) is 48.7 Å². The van der Waals surface area contributed by atoms with Crippen molar-refractivity contribution >= 4 is 34.1 Å². The number of nitro benzene ring substituents is 1. The molecule has 1 N–H and O–H groups in total. The number of nitrogens with one attached hydrogen (secondary N) is 1. The minimum Gasteiger partial charge on any atom is -0.871 e. The Morgan fingerprint density at radius 1 is 1.21 bits per heavy atom. The van der Waals surface area contributed by atoms with Crippen LogP contribution in [-0.2, 0) is 4.79 Å². The molecule has 0 bridgehead atoms. The van der Waals surface area contributed by atoms with Crippen LogP contribution in [0.5, 0.6) is 5.75 Å². The van der Waals surface area contributed by atoms with Crippen LogP contribution >= 0.6 is 11.6 Å². The second-order valence-electron chi connectivity index (χ2n) is 6.62. The lowest BCUT2D eigenvalue weighted by Crippen LogP contribution is -2.33.